The van der Waals surface area contributed by atoms with Crippen molar-refractivity contribution >= 4 is 11.8 Å². The maximum absolute atomic E-state index is 12.3. The summed E-state index contributed by atoms with van der Waals surface area (Å²) in [7, 11) is 1.64. The van der Waals surface area contributed by atoms with Crippen molar-refractivity contribution < 1.29 is 14.3 Å². The molecule has 5 heteroatoms. The summed E-state index contributed by atoms with van der Waals surface area (Å²) in [6.45, 7) is 1.97. The Balaban J connectivity index is 1.42. The third kappa shape index (κ3) is 3.89. The van der Waals surface area contributed by atoms with Crippen LogP contribution in [0.15, 0.2) is 24.3 Å². The quantitative estimate of drug-likeness (QED) is 0.901. The van der Waals surface area contributed by atoms with Gasteiger partial charge >= 0.3 is 0 Å². The van der Waals surface area contributed by atoms with E-state index in [4.69, 9.17) is 4.74 Å². The Hall–Kier alpha value is -2.04. The van der Waals surface area contributed by atoms with Gasteiger partial charge in [0.1, 0.15) is 5.75 Å². The summed E-state index contributed by atoms with van der Waals surface area (Å²) in [6, 6.07) is 7.70. The van der Waals surface area contributed by atoms with Gasteiger partial charge in [0.2, 0.25) is 11.8 Å². The van der Waals surface area contributed by atoms with E-state index in [2.05, 4.69) is 5.32 Å². The van der Waals surface area contributed by atoms with Crippen molar-refractivity contribution in [2.75, 3.05) is 20.2 Å². The molecule has 1 aromatic rings. The molecule has 5 nitrogen and oxygen atoms in total. The van der Waals surface area contributed by atoms with Crippen molar-refractivity contribution in [2.24, 2.45) is 11.8 Å². The lowest BCUT2D eigenvalue weighted by molar-refractivity contribution is -0.141. The van der Waals surface area contributed by atoms with Gasteiger partial charge in [0.05, 0.1) is 7.11 Å². The fourth-order valence-corrected chi connectivity index (χ4v) is 3.35. The molecule has 1 saturated heterocycles. The summed E-state index contributed by atoms with van der Waals surface area (Å²) in [4.78, 5) is 26.5. The average molecular weight is 330 g/mol. The lowest BCUT2D eigenvalue weighted by Crippen LogP contribution is -2.46. The zero-order chi connectivity index (χ0) is 16.9. The Morgan fingerprint density at radius 2 is 1.75 bits per heavy atom. The van der Waals surface area contributed by atoms with Gasteiger partial charge in [-0.25, -0.2) is 0 Å². The molecule has 0 aromatic heterocycles. The number of nitrogens with one attached hydrogen (secondary N) is 1. The number of carbonyl (C=O) groups is 2. The molecule has 2 aliphatic rings. The third-order valence-electron chi connectivity index (χ3n) is 5.26. The first-order valence-corrected chi connectivity index (χ1v) is 8.87. The van der Waals surface area contributed by atoms with Crippen LogP contribution >= 0.6 is 0 Å². The van der Waals surface area contributed by atoms with Crippen LogP contribution in [0.5, 0.6) is 5.75 Å². The number of methoxy groups -OCH3 is 1. The number of hydrogen-bond acceptors (Lipinski definition) is 3. The first kappa shape index (κ1) is 16.8. The number of nitrogens with zero attached hydrogens (tertiary/aromatic N) is 1. The van der Waals surface area contributed by atoms with Crippen molar-refractivity contribution in [3.8, 4) is 5.75 Å². The summed E-state index contributed by atoms with van der Waals surface area (Å²) in [6.07, 6.45) is 4.81. The molecule has 1 aliphatic carbocycles. The maximum atomic E-state index is 12.3. The van der Waals surface area contributed by atoms with Gasteiger partial charge in [-0.3, -0.25) is 9.59 Å². The predicted octanol–water partition coefficient (Wildman–Crippen LogP) is 2.35. The molecule has 0 spiro atoms. The van der Waals surface area contributed by atoms with Crippen molar-refractivity contribution in [3.63, 3.8) is 0 Å². The lowest BCUT2D eigenvalue weighted by Gasteiger charge is -2.36. The molecule has 1 aromatic carbocycles. The number of hydrogen-bond donors (Lipinski definition) is 1. The number of likely N-dealkylation sites (tertiary alicyclic amines) is 1. The number of piperidine rings is 1. The number of benzene rings is 1. The lowest BCUT2D eigenvalue weighted by atomic mass is 9.83. The molecule has 0 bridgehead atoms. The van der Waals surface area contributed by atoms with Crippen LogP contribution in [0.25, 0.3) is 0 Å². The van der Waals surface area contributed by atoms with Crippen molar-refractivity contribution in [3.05, 3.63) is 29.8 Å². The highest BCUT2D eigenvalue weighted by molar-refractivity contribution is 5.81. The highest BCUT2D eigenvalue weighted by Crippen LogP contribution is 2.30. The van der Waals surface area contributed by atoms with Crippen LogP contribution in [0, 0.1) is 11.8 Å². The Morgan fingerprint density at radius 3 is 2.29 bits per heavy atom. The van der Waals surface area contributed by atoms with Gasteiger partial charge < -0.3 is 15.0 Å². The zero-order valence-electron chi connectivity index (χ0n) is 14.3. The summed E-state index contributed by atoms with van der Waals surface area (Å²) >= 11 is 0. The second-order valence-electron chi connectivity index (χ2n) is 6.79. The van der Waals surface area contributed by atoms with Gasteiger partial charge in [0, 0.05) is 31.5 Å². The van der Waals surface area contributed by atoms with Gasteiger partial charge in [-0.1, -0.05) is 18.6 Å². The average Bonchev–Trinajstić information content (AvgIpc) is 2.58. The topological polar surface area (TPSA) is 58.6 Å². The van der Waals surface area contributed by atoms with E-state index in [0.29, 0.717) is 12.5 Å². The molecule has 0 radical (unpaired) electrons. The van der Waals surface area contributed by atoms with Crippen LogP contribution in [-0.2, 0) is 16.1 Å². The van der Waals surface area contributed by atoms with E-state index in [0.717, 1.165) is 50.1 Å². The molecule has 1 saturated carbocycles. The van der Waals surface area contributed by atoms with E-state index in [1.54, 1.807) is 7.11 Å². The largest absolute Gasteiger partial charge is 0.497 e. The van der Waals surface area contributed by atoms with E-state index < -0.39 is 0 Å². The van der Waals surface area contributed by atoms with E-state index in [-0.39, 0.29) is 17.7 Å². The number of carbonyl (C=O) groups excluding carboxylic acids is 2. The van der Waals surface area contributed by atoms with Crippen LogP contribution < -0.4 is 10.1 Å². The van der Waals surface area contributed by atoms with Crippen LogP contribution in [0.1, 0.15) is 37.7 Å². The highest BCUT2D eigenvalue weighted by atomic mass is 16.5. The number of rotatable bonds is 5. The molecule has 0 atom stereocenters. The molecule has 0 unspecified atom stereocenters. The van der Waals surface area contributed by atoms with Crippen molar-refractivity contribution in [1.29, 1.82) is 0 Å². The molecule has 2 amide bonds. The van der Waals surface area contributed by atoms with Gasteiger partial charge in [-0.2, -0.15) is 0 Å². The molecule has 130 valence electrons. The maximum Gasteiger partial charge on any atom is 0.225 e. The number of amides is 2. The predicted molar refractivity (Wildman–Crippen MR) is 91.5 cm³/mol. The van der Waals surface area contributed by atoms with Gasteiger partial charge in [-0.15, -0.1) is 0 Å². The Morgan fingerprint density at radius 1 is 1.08 bits per heavy atom. The molecule has 24 heavy (non-hydrogen) atoms. The second-order valence-corrected chi connectivity index (χ2v) is 6.79. The number of ether oxygens (including phenoxy) is 1. The molecule has 3 rings (SSSR count). The fraction of sp³-hybridized carbons (Fsp3) is 0.579. The minimum Gasteiger partial charge on any atom is -0.497 e. The first-order chi connectivity index (χ1) is 11.7. The molecule has 1 aliphatic heterocycles. The monoisotopic (exact) mass is 330 g/mol. The summed E-state index contributed by atoms with van der Waals surface area (Å²) < 4.78 is 5.13. The summed E-state index contributed by atoms with van der Waals surface area (Å²) in [5.41, 5.74) is 1.06. The minimum atomic E-state index is 0.0219. The third-order valence-corrected chi connectivity index (χ3v) is 5.26. The van der Waals surface area contributed by atoms with Gasteiger partial charge in [0.15, 0.2) is 0 Å². The van der Waals surface area contributed by atoms with E-state index in [1.165, 1.54) is 6.42 Å². The molecule has 2 fully saturated rings. The first-order valence-electron chi connectivity index (χ1n) is 8.87. The fourth-order valence-electron chi connectivity index (χ4n) is 3.35. The van der Waals surface area contributed by atoms with Crippen LogP contribution in [0.3, 0.4) is 0 Å². The molecular weight excluding hydrogens is 304 g/mol. The van der Waals surface area contributed by atoms with Crippen LogP contribution in [0.4, 0.5) is 0 Å². The van der Waals surface area contributed by atoms with Crippen LogP contribution in [0.2, 0.25) is 0 Å². The van der Waals surface area contributed by atoms with Gasteiger partial charge in [-0.05, 0) is 43.4 Å². The Bertz CT molecular complexity index is 573. The van der Waals surface area contributed by atoms with E-state index in [1.807, 2.05) is 29.2 Å². The molecule has 1 N–H and O–H groups in total. The SMILES string of the molecule is COc1ccc(CNC(=O)C2CCN(C(=O)C3CCC3)CC2)cc1. The molecule has 1 heterocycles. The normalized spacial score (nSPS) is 18.8. The standard InChI is InChI=1S/C19H26N2O3/c1-24-17-7-5-14(6-8-17)13-20-18(22)15-9-11-21(12-10-15)19(23)16-3-2-4-16/h5-8,15-16H,2-4,9-13H2,1H3,(H,20,22). The molecular formula is C19H26N2O3. The van der Waals surface area contributed by atoms with Crippen molar-refractivity contribution in [1.82, 2.24) is 10.2 Å². The van der Waals surface area contributed by atoms with Gasteiger partial charge in [0.25, 0.3) is 0 Å². The second kappa shape index (κ2) is 7.69. The summed E-state index contributed by atoms with van der Waals surface area (Å²) in [5, 5.41) is 3.01. The minimum absolute atomic E-state index is 0.0219. The Labute approximate surface area is 143 Å². The zero-order valence-corrected chi connectivity index (χ0v) is 14.3. The van der Waals surface area contributed by atoms with E-state index >= 15 is 0 Å². The van der Waals surface area contributed by atoms with Crippen LogP contribution in [-0.4, -0.2) is 36.9 Å². The van der Waals surface area contributed by atoms with E-state index in [9.17, 15) is 9.59 Å². The van der Waals surface area contributed by atoms with Crippen molar-refractivity contribution in [2.45, 2.75) is 38.6 Å². The Kier molecular flexibility index (Phi) is 5.38. The summed E-state index contributed by atoms with van der Waals surface area (Å²) in [5.74, 6) is 1.49. The smallest absolute Gasteiger partial charge is 0.225 e. The highest BCUT2D eigenvalue weighted by Gasteiger charge is 2.33.